The van der Waals surface area contributed by atoms with Crippen molar-refractivity contribution >= 4 is 13.8 Å². The van der Waals surface area contributed by atoms with Crippen molar-refractivity contribution in [1.82, 2.24) is 0 Å². The number of phosphoric ester groups is 1. The Morgan fingerprint density at radius 1 is 0.519 bits per heavy atom. The zero-order valence-corrected chi connectivity index (χ0v) is 34.9. The second kappa shape index (κ2) is 33.3. The quantitative estimate of drug-likeness (QED) is 0.0201. The number of aliphatic hydroxyl groups excluding tert-OH is 5. The summed E-state index contributed by atoms with van der Waals surface area (Å²) < 4.78 is 34.1. The van der Waals surface area contributed by atoms with Crippen LogP contribution in [-0.4, -0.2) is 98.9 Å². The number of hydrogen-bond acceptors (Lipinski definition) is 11. The summed E-state index contributed by atoms with van der Waals surface area (Å²) in [7, 11) is -5.00. The third kappa shape index (κ3) is 25.6. The minimum Gasteiger partial charge on any atom is -0.457 e. The summed E-state index contributed by atoms with van der Waals surface area (Å²) in [6.07, 6.45) is 20.3. The molecule has 0 bridgehead atoms. The van der Waals surface area contributed by atoms with Crippen LogP contribution in [0.3, 0.4) is 0 Å². The van der Waals surface area contributed by atoms with Crippen LogP contribution in [-0.2, 0) is 27.9 Å². The number of esters is 1. The first-order valence-corrected chi connectivity index (χ1v) is 23.4. The van der Waals surface area contributed by atoms with E-state index >= 15 is 0 Å². The maximum Gasteiger partial charge on any atom is 0.472 e. The monoisotopic (exact) mass is 797 g/mol. The Hall–Kier alpha value is -0.660. The van der Waals surface area contributed by atoms with E-state index in [0.29, 0.717) is 13.0 Å². The van der Waals surface area contributed by atoms with Crippen LogP contribution < -0.4 is 0 Å². The fourth-order valence-electron chi connectivity index (χ4n) is 6.94. The van der Waals surface area contributed by atoms with Gasteiger partial charge in [-0.3, -0.25) is 13.8 Å². The molecule has 0 radical (unpaired) electrons. The van der Waals surface area contributed by atoms with Crippen LogP contribution in [0.2, 0.25) is 0 Å². The molecule has 0 amide bonds. The first kappa shape index (κ1) is 51.4. The molecule has 54 heavy (non-hydrogen) atoms. The molecule has 6 atom stereocenters. The van der Waals surface area contributed by atoms with Gasteiger partial charge < -0.3 is 39.9 Å². The van der Waals surface area contributed by atoms with Gasteiger partial charge in [0.1, 0.15) is 42.7 Å². The molecule has 12 nitrogen and oxygen atoms in total. The van der Waals surface area contributed by atoms with Crippen molar-refractivity contribution in [3.05, 3.63) is 0 Å². The summed E-state index contributed by atoms with van der Waals surface area (Å²) in [4.78, 5) is 23.1. The molecule has 0 saturated heterocycles. The molecule has 1 aliphatic rings. The van der Waals surface area contributed by atoms with Gasteiger partial charge in [0.2, 0.25) is 0 Å². The maximum atomic E-state index is 12.8. The number of phosphoric acid groups is 1. The standard InChI is InChI=1S/C41H81O12P/c1-3-5-7-9-11-13-15-17-19-21-23-25-27-29-31-50-32-34(33-51-54(48,49)53-41-39(46)37(44)36(43)38(45)40(41)47)52-35(42)30-28-26-24-22-20-18-16-14-12-10-8-6-4-2/h34,36-41,43-47H,3-33H2,1-2H3,(H,48,49). The molecule has 1 rings (SSSR count). The topological polar surface area (TPSA) is 192 Å². The average Bonchev–Trinajstić information content (AvgIpc) is 3.15. The molecule has 1 saturated carbocycles. The normalized spacial score (nSPS) is 23.3. The Morgan fingerprint density at radius 2 is 0.870 bits per heavy atom. The maximum absolute atomic E-state index is 12.8. The highest BCUT2D eigenvalue weighted by atomic mass is 31.2. The molecule has 13 heteroatoms. The van der Waals surface area contributed by atoms with Crippen molar-refractivity contribution in [2.24, 2.45) is 0 Å². The lowest BCUT2D eigenvalue weighted by Gasteiger charge is -2.41. The lowest BCUT2D eigenvalue weighted by atomic mass is 9.85. The second-order valence-electron chi connectivity index (χ2n) is 15.6. The highest BCUT2D eigenvalue weighted by molar-refractivity contribution is 7.47. The Bertz CT molecular complexity index is 911. The minimum absolute atomic E-state index is 0.0684. The molecular formula is C41H81O12P. The van der Waals surface area contributed by atoms with Gasteiger partial charge in [0, 0.05) is 13.0 Å². The van der Waals surface area contributed by atoms with Gasteiger partial charge in [-0.2, -0.15) is 0 Å². The summed E-state index contributed by atoms with van der Waals surface area (Å²) in [5, 5.41) is 50.1. The molecule has 1 aliphatic carbocycles. The Labute approximate surface area is 327 Å². The Kier molecular flexibility index (Phi) is 31.7. The van der Waals surface area contributed by atoms with Crippen molar-refractivity contribution in [2.75, 3.05) is 19.8 Å². The number of carbonyl (C=O) groups excluding carboxylic acids is 1. The van der Waals surface area contributed by atoms with Crippen molar-refractivity contribution in [2.45, 2.75) is 236 Å². The Balaban J connectivity index is 2.41. The average molecular weight is 797 g/mol. The molecule has 0 aromatic rings. The van der Waals surface area contributed by atoms with E-state index < -0.39 is 63.1 Å². The number of carbonyl (C=O) groups is 1. The zero-order chi connectivity index (χ0) is 39.9. The van der Waals surface area contributed by atoms with Crippen molar-refractivity contribution in [3.8, 4) is 0 Å². The van der Waals surface area contributed by atoms with Crippen molar-refractivity contribution in [3.63, 3.8) is 0 Å². The SMILES string of the molecule is CCCCCCCCCCCCCCCCOCC(COP(=O)(O)OC1C(O)C(O)C(O)C(O)C1O)OC(=O)CCCCCCCCCCCCCCC. The minimum atomic E-state index is -5.00. The lowest BCUT2D eigenvalue weighted by molar-refractivity contribution is -0.220. The van der Waals surface area contributed by atoms with Gasteiger partial charge in [0.05, 0.1) is 13.2 Å². The molecule has 0 aromatic carbocycles. The predicted octanol–water partition coefficient (Wildman–Crippen LogP) is 8.20. The molecule has 6 N–H and O–H groups in total. The van der Waals surface area contributed by atoms with Crippen LogP contribution >= 0.6 is 7.82 Å². The van der Waals surface area contributed by atoms with E-state index in [1.165, 1.54) is 128 Å². The second-order valence-corrected chi connectivity index (χ2v) is 17.0. The molecule has 322 valence electrons. The van der Waals surface area contributed by atoms with Gasteiger partial charge in [-0.05, 0) is 12.8 Å². The number of unbranched alkanes of at least 4 members (excludes halogenated alkanes) is 25. The predicted molar refractivity (Wildman–Crippen MR) is 212 cm³/mol. The highest BCUT2D eigenvalue weighted by Crippen LogP contribution is 2.47. The van der Waals surface area contributed by atoms with E-state index in [4.69, 9.17) is 18.5 Å². The van der Waals surface area contributed by atoms with Gasteiger partial charge in [0.15, 0.2) is 0 Å². The largest absolute Gasteiger partial charge is 0.472 e. The Morgan fingerprint density at radius 3 is 1.28 bits per heavy atom. The summed E-state index contributed by atoms with van der Waals surface area (Å²) in [5.74, 6) is -0.473. The number of hydrogen-bond donors (Lipinski definition) is 6. The molecular weight excluding hydrogens is 715 g/mol. The lowest BCUT2D eigenvalue weighted by Crippen LogP contribution is -2.64. The summed E-state index contributed by atoms with van der Waals surface area (Å²) >= 11 is 0. The summed E-state index contributed by atoms with van der Waals surface area (Å²) in [6, 6.07) is 0. The zero-order valence-electron chi connectivity index (χ0n) is 34.0. The van der Waals surface area contributed by atoms with E-state index in [-0.39, 0.29) is 13.0 Å². The highest BCUT2D eigenvalue weighted by Gasteiger charge is 2.51. The van der Waals surface area contributed by atoms with Gasteiger partial charge in [-0.25, -0.2) is 4.57 Å². The van der Waals surface area contributed by atoms with Crippen molar-refractivity contribution in [1.29, 1.82) is 0 Å². The van der Waals surface area contributed by atoms with E-state index in [0.717, 1.165) is 38.5 Å². The first-order valence-electron chi connectivity index (χ1n) is 21.9. The van der Waals surface area contributed by atoms with Gasteiger partial charge in [-0.1, -0.05) is 174 Å². The van der Waals surface area contributed by atoms with Crippen LogP contribution in [0.1, 0.15) is 194 Å². The molecule has 0 spiro atoms. The van der Waals surface area contributed by atoms with Gasteiger partial charge >= 0.3 is 13.8 Å². The van der Waals surface area contributed by atoms with E-state index in [1.807, 2.05) is 0 Å². The fourth-order valence-corrected chi connectivity index (χ4v) is 7.92. The van der Waals surface area contributed by atoms with Gasteiger partial charge in [-0.15, -0.1) is 0 Å². The smallest absolute Gasteiger partial charge is 0.457 e. The van der Waals surface area contributed by atoms with Crippen LogP contribution in [0.5, 0.6) is 0 Å². The summed E-state index contributed by atoms with van der Waals surface area (Å²) in [5.41, 5.74) is 0. The third-order valence-electron chi connectivity index (χ3n) is 10.5. The molecule has 0 aromatic heterocycles. The van der Waals surface area contributed by atoms with E-state index in [1.54, 1.807) is 0 Å². The van der Waals surface area contributed by atoms with Crippen molar-refractivity contribution < 1.29 is 58.3 Å². The summed E-state index contributed by atoms with van der Waals surface area (Å²) in [6.45, 7) is 4.27. The number of rotatable bonds is 37. The van der Waals surface area contributed by atoms with Gasteiger partial charge in [0.25, 0.3) is 0 Å². The van der Waals surface area contributed by atoms with Crippen LogP contribution in [0.25, 0.3) is 0 Å². The fraction of sp³-hybridized carbons (Fsp3) is 0.976. The molecule has 0 aliphatic heterocycles. The molecule has 1 fully saturated rings. The number of ether oxygens (including phenoxy) is 2. The first-order chi connectivity index (χ1) is 26.0. The van der Waals surface area contributed by atoms with E-state index in [2.05, 4.69) is 13.8 Å². The molecule has 0 heterocycles. The van der Waals surface area contributed by atoms with E-state index in [9.17, 15) is 39.8 Å². The van der Waals surface area contributed by atoms with Crippen LogP contribution in [0.4, 0.5) is 0 Å². The molecule has 6 unspecified atom stereocenters. The third-order valence-corrected chi connectivity index (χ3v) is 11.5. The van der Waals surface area contributed by atoms with Crippen LogP contribution in [0.15, 0.2) is 0 Å². The van der Waals surface area contributed by atoms with Crippen LogP contribution in [0, 0.1) is 0 Å². The number of aliphatic hydroxyl groups is 5.